The Balaban J connectivity index is 2.87. The first-order chi connectivity index (χ1) is 6.97. The van der Waals surface area contributed by atoms with Crippen molar-refractivity contribution in [2.24, 2.45) is 0 Å². The molecule has 1 unspecified atom stereocenters. The molecule has 92 valence electrons. The van der Waals surface area contributed by atoms with Gasteiger partial charge in [-0.2, -0.15) is 22.0 Å². The quantitative estimate of drug-likeness (QED) is 0.745. The lowest BCUT2D eigenvalue weighted by Gasteiger charge is -2.33. The van der Waals surface area contributed by atoms with Gasteiger partial charge in [0.2, 0.25) is 5.91 Å². The first-order valence-corrected chi connectivity index (χ1v) is 4.15. The molecule has 1 heterocycles. The Bertz CT molecular complexity index is 334. The van der Waals surface area contributed by atoms with Crippen LogP contribution in [-0.4, -0.2) is 40.3 Å². The molecule has 0 fully saturated rings. The van der Waals surface area contributed by atoms with Crippen LogP contribution in [0, 0.1) is 0 Å². The number of aliphatic hydroxyl groups is 1. The maximum absolute atomic E-state index is 12.6. The van der Waals surface area contributed by atoms with E-state index >= 15 is 0 Å². The van der Waals surface area contributed by atoms with Crippen LogP contribution in [0.3, 0.4) is 0 Å². The minimum atomic E-state index is -5.76. The molecule has 16 heavy (non-hydrogen) atoms. The van der Waals surface area contributed by atoms with E-state index in [9.17, 15) is 31.9 Å². The Morgan fingerprint density at radius 3 is 2.19 bits per heavy atom. The molecule has 0 spiro atoms. The van der Waals surface area contributed by atoms with E-state index in [-0.39, 0.29) is 4.90 Å². The van der Waals surface area contributed by atoms with Gasteiger partial charge in [-0.15, -0.1) is 0 Å². The highest BCUT2D eigenvalue weighted by molar-refractivity contribution is 5.91. The normalized spacial score (nSPS) is 26.7. The number of amides is 1. The van der Waals surface area contributed by atoms with Gasteiger partial charge in [0.25, 0.3) is 0 Å². The average molecular weight is 245 g/mol. The third kappa shape index (κ3) is 2.16. The lowest BCUT2D eigenvalue weighted by molar-refractivity contribution is -0.290. The summed E-state index contributed by atoms with van der Waals surface area (Å²) in [6.07, 6.45) is -4.17. The van der Waals surface area contributed by atoms with E-state index < -0.39 is 30.3 Å². The molecule has 0 aromatic heterocycles. The zero-order valence-electron chi connectivity index (χ0n) is 8.05. The first-order valence-electron chi connectivity index (χ1n) is 4.15. The zero-order valence-corrected chi connectivity index (χ0v) is 8.05. The van der Waals surface area contributed by atoms with Gasteiger partial charge in [-0.05, 0) is 13.0 Å². The fraction of sp³-hybridized carbons (Fsp3) is 0.625. The van der Waals surface area contributed by atoms with Crippen molar-refractivity contribution in [1.29, 1.82) is 0 Å². The van der Waals surface area contributed by atoms with Crippen LogP contribution in [0.15, 0.2) is 12.2 Å². The topological polar surface area (TPSA) is 40.5 Å². The van der Waals surface area contributed by atoms with Gasteiger partial charge in [0.15, 0.2) is 5.72 Å². The minimum absolute atomic E-state index is 0.0560. The molecule has 3 nitrogen and oxygen atoms in total. The SMILES string of the molecule is CC1(O)C=CC(=O)N1CC(F)(F)C(F)(F)F. The van der Waals surface area contributed by atoms with E-state index in [1.807, 2.05) is 0 Å². The monoisotopic (exact) mass is 245 g/mol. The number of carbonyl (C=O) groups is 1. The van der Waals surface area contributed by atoms with Crippen LogP contribution in [0.1, 0.15) is 6.92 Å². The molecular weight excluding hydrogens is 237 g/mol. The van der Waals surface area contributed by atoms with Crippen LogP contribution in [0.25, 0.3) is 0 Å². The number of nitrogens with zero attached hydrogens (tertiary/aromatic N) is 1. The molecule has 0 saturated carbocycles. The highest BCUT2D eigenvalue weighted by atomic mass is 19.4. The molecule has 1 atom stereocenters. The second-order valence-corrected chi connectivity index (χ2v) is 3.55. The summed E-state index contributed by atoms with van der Waals surface area (Å²) >= 11 is 0. The Labute approximate surface area is 87.1 Å². The molecule has 0 aromatic rings. The summed E-state index contributed by atoms with van der Waals surface area (Å²) in [7, 11) is 0. The molecule has 8 heteroatoms. The van der Waals surface area contributed by atoms with Crippen molar-refractivity contribution in [2.45, 2.75) is 24.7 Å². The van der Waals surface area contributed by atoms with E-state index in [1.165, 1.54) is 0 Å². The molecule has 1 aliphatic heterocycles. The molecule has 0 bridgehead atoms. The number of rotatable bonds is 2. The van der Waals surface area contributed by atoms with Gasteiger partial charge in [-0.3, -0.25) is 4.79 Å². The van der Waals surface area contributed by atoms with Crippen LogP contribution >= 0.6 is 0 Å². The zero-order chi connectivity index (χ0) is 12.8. The summed E-state index contributed by atoms with van der Waals surface area (Å²) in [5, 5.41) is 9.37. The Morgan fingerprint density at radius 1 is 1.38 bits per heavy atom. The summed E-state index contributed by atoms with van der Waals surface area (Å²) in [4.78, 5) is 11.0. The molecular formula is C8H8F5NO2. The van der Waals surface area contributed by atoms with E-state index in [4.69, 9.17) is 0 Å². The number of alkyl halides is 5. The third-order valence-electron chi connectivity index (χ3n) is 2.13. The smallest absolute Gasteiger partial charge is 0.367 e. The summed E-state index contributed by atoms with van der Waals surface area (Å²) in [6.45, 7) is -0.962. The van der Waals surface area contributed by atoms with Crippen LogP contribution in [0.4, 0.5) is 22.0 Å². The van der Waals surface area contributed by atoms with Crippen molar-refractivity contribution in [3.05, 3.63) is 12.2 Å². The second kappa shape index (κ2) is 3.41. The molecule has 1 aliphatic rings. The van der Waals surface area contributed by atoms with E-state index in [1.54, 1.807) is 0 Å². The van der Waals surface area contributed by atoms with Gasteiger partial charge in [0.1, 0.15) is 0 Å². The van der Waals surface area contributed by atoms with E-state index in [0.717, 1.165) is 19.1 Å². The number of carbonyl (C=O) groups excluding carboxylic acids is 1. The molecule has 1 rings (SSSR count). The minimum Gasteiger partial charge on any atom is -0.367 e. The standard InChI is InChI=1S/C8H8F5NO2/c1-6(16)3-2-5(15)14(6)4-7(9,10)8(11,12)13/h2-3,16H,4H2,1H3. The van der Waals surface area contributed by atoms with Crippen molar-refractivity contribution in [1.82, 2.24) is 4.90 Å². The number of hydrogen-bond donors (Lipinski definition) is 1. The highest BCUT2D eigenvalue weighted by Crippen LogP contribution is 2.38. The van der Waals surface area contributed by atoms with Gasteiger partial charge in [-0.25, -0.2) is 0 Å². The van der Waals surface area contributed by atoms with Crippen molar-refractivity contribution in [2.75, 3.05) is 6.54 Å². The Hall–Kier alpha value is -1.18. The van der Waals surface area contributed by atoms with E-state index in [2.05, 4.69) is 0 Å². The Morgan fingerprint density at radius 2 is 1.88 bits per heavy atom. The van der Waals surface area contributed by atoms with Crippen LogP contribution in [-0.2, 0) is 4.79 Å². The number of halogens is 5. The molecule has 0 radical (unpaired) electrons. The van der Waals surface area contributed by atoms with Gasteiger partial charge in [0, 0.05) is 6.08 Å². The maximum Gasteiger partial charge on any atom is 0.455 e. The predicted molar refractivity (Wildman–Crippen MR) is 42.5 cm³/mol. The van der Waals surface area contributed by atoms with Crippen molar-refractivity contribution in [3.63, 3.8) is 0 Å². The van der Waals surface area contributed by atoms with E-state index in [0.29, 0.717) is 0 Å². The van der Waals surface area contributed by atoms with Crippen LogP contribution in [0.5, 0.6) is 0 Å². The van der Waals surface area contributed by atoms with Gasteiger partial charge in [0.05, 0.1) is 6.54 Å². The lowest BCUT2D eigenvalue weighted by atomic mass is 10.2. The van der Waals surface area contributed by atoms with Crippen LogP contribution in [0.2, 0.25) is 0 Å². The number of hydrogen-bond acceptors (Lipinski definition) is 2. The summed E-state index contributed by atoms with van der Waals surface area (Å²) in [6, 6.07) is 0. The van der Waals surface area contributed by atoms with Crippen molar-refractivity contribution in [3.8, 4) is 0 Å². The fourth-order valence-corrected chi connectivity index (χ4v) is 1.16. The molecule has 0 aromatic carbocycles. The van der Waals surface area contributed by atoms with Crippen molar-refractivity contribution < 1.29 is 31.9 Å². The van der Waals surface area contributed by atoms with Crippen molar-refractivity contribution >= 4 is 5.91 Å². The first kappa shape index (κ1) is 12.9. The molecule has 0 saturated heterocycles. The maximum atomic E-state index is 12.6. The van der Waals surface area contributed by atoms with Crippen LogP contribution < -0.4 is 0 Å². The largest absolute Gasteiger partial charge is 0.455 e. The molecule has 1 amide bonds. The summed E-state index contributed by atoms with van der Waals surface area (Å²) in [5.41, 5.74) is -2.12. The van der Waals surface area contributed by atoms with Gasteiger partial charge < -0.3 is 10.0 Å². The Kier molecular flexibility index (Phi) is 2.74. The summed E-state index contributed by atoms with van der Waals surface area (Å²) in [5.74, 6) is -6.15. The summed E-state index contributed by atoms with van der Waals surface area (Å²) < 4.78 is 60.9. The highest BCUT2D eigenvalue weighted by Gasteiger charge is 2.60. The molecule has 0 aliphatic carbocycles. The van der Waals surface area contributed by atoms with Gasteiger partial charge in [-0.1, -0.05) is 0 Å². The second-order valence-electron chi connectivity index (χ2n) is 3.55. The molecule has 1 N–H and O–H groups in total. The average Bonchev–Trinajstić information content (AvgIpc) is 2.29. The third-order valence-corrected chi connectivity index (χ3v) is 2.13. The predicted octanol–water partition coefficient (Wildman–Crippen LogP) is 1.29. The lowest BCUT2D eigenvalue weighted by Crippen LogP contribution is -2.54. The fourth-order valence-electron chi connectivity index (χ4n) is 1.16. The van der Waals surface area contributed by atoms with Gasteiger partial charge >= 0.3 is 12.1 Å².